The maximum Gasteiger partial charge on any atom is 0.253 e. The Morgan fingerprint density at radius 1 is 1.09 bits per heavy atom. The van der Waals surface area contributed by atoms with Crippen LogP contribution in [0.25, 0.3) is 11.0 Å². The Kier molecular flexibility index (Phi) is 7.41. The van der Waals surface area contributed by atoms with E-state index in [0.29, 0.717) is 18.1 Å². The summed E-state index contributed by atoms with van der Waals surface area (Å²) in [6.45, 7) is 6.57. The van der Waals surface area contributed by atoms with Crippen LogP contribution in [-0.4, -0.2) is 78.2 Å². The molecule has 0 aliphatic carbocycles. The molecular weight excluding hydrogens is 428 g/mol. The molecule has 1 aromatic carbocycles. The second kappa shape index (κ2) is 11.0. The fourth-order valence-electron chi connectivity index (χ4n) is 4.97. The monoisotopic (exact) mass is 462 g/mol. The quantitative estimate of drug-likeness (QED) is 0.579. The molecular formula is C27H34N4O3. The molecule has 2 aliphatic heterocycles. The van der Waals surface area contributed by atoms with Crippen LogP contribution >= 0.6 is 0 Å². The van der Waals surface area contributed by atoms with E-state index in [4.69, 9.17) is 14.5 Å². The standard InChI is InChI=1S/C27H34N4O3/c32-27(23-4-1-5-25(20-23)34-18-15-30-13-16-33-17-14-30)31-11-2-3-21(9-12-31)19-24-7-6-22-8-10-28-26(22)29-24/h1,4-8,10,20-21H,2-3,9,11-19H2,(H,28,29)/t21-/m1/s1. The van der Waals surface area contributed by atoms with Gasteiger partial charge in [-0.15, -0.1) is 0 Å². The van der Waals surface area contributed by atoms with Gasteiger partial charge in [0.1, 0.15) is 18.0 Å². The SMILES string of the molecule is O=C(c1cccc(OCCN2CCOCC2)c1)N1CCC[C@@H](Cc2ccc3cc[nH]c3n2)CC1. The number of benzene rings is 1. The number of nitrogens with zero attached hydrogens (tertiary/aromatic N) is 3. The van der Waals surface area contributed by atoms with Gasteiger partial charge in [0.15, 0.2) is 0 Å². The van der Waals surface area contributed by atoms with Gasteiger partial charge in [0.2, 0.25) is 0 Å². The number of ether oxygens (including phenoxy) is 2. The van der Waals surface area contributed by atoms with Crippen LogP contribution in [0.5, 0.6) is 5.75 Å². The van der Waals surface area contributed by atoms with Gasteiger partial charge in [-0.3, -0.25) is 9.69 Å². The number of morpholine rings is 1. The molecule has 7 heteroatoms. The lowest BCUT2D eigenvalue weighted by Gasteiger charge is -2.26. The van der Waals surface area contributed by atoms with Crippen molar-refractivity contribution in [2.24, 2.45) is 5.92 Å². The molecule has 2 saturated heterocycles. The summed E-state index contributed by atoms with van der Waals surface area (Å²) in [5.41, 5.74) is 2.79. The van der Waals surface area contributed by atoms with E-state index in [1.54, 1.807) is 0 Å². The lowest BCUT2D eigenvalue weighted by molar-refractivity contribution is 0.0322. The number of likely N-dealkylation sites (tertiary alicyclic amines) is 1. The van der Waals surface area contributed by atoms with Gasteiger partial charge in [0.25, 0.3) is 5.91 Å². The summed E-state index contributed by atoms with van der Waals surface area (Å²) in [4.78, 5) is 25.6. The van der Waals surface area contributed by atoms with Crippen LogP contribution in [0.3, 0.4) is 0 Å². The largest absolute Gasteiger partial charge is 0.492 e. The van der Waals surface area contributed by atoms with Crippen LogP contribution in [0.4, 0.5) is 0 Å². The Hall–Kier alpha value is -2.90. The van der Waals surface area contributed by atoms with Gasteiger partial charge in [-0.05, 0) is 68.0 Å². The predicted octanol–water partition coefficient (Wildman–Crippen LogP) is 3.76. The number of hydrogen-bond donors (Lipinski definition) is 1. The van der Waals surface area contributed by atoms with Gasteiger partial charge in [-0.2, -0.15) is 0 Å². The summed E-state index contributed by atoms with van der Waals surface area (Å²) in [6, 6.07) is 14.0. The number of aromatic amines is 1. The van der Waals surface area contributed by atoms with Crippen molar-refractivity contribution in [2.45, 2.75) is 25.7 Å². The zero-order valence-corrected chi connectivity index (χ0v) is 19.7. The molecule has 0 spiro atoms. The molecule has 0 bridgehead atoms. The third-order valence-electron chi connectivity index (χ3n) is 6.96. The Bertz CT molecular complexity index is 1090. The van der Waals surface area contributed by atoms with E-state index in [-0.39, 0.29) is 5.91 Å². The van der Waals surface area contributed by atoms with E-state index in [9.17, 15) is 4.79 Å². The maximum absolute atomic E-state index is 13.2. The molecule has 1 N–H and O–H groups in total. The molecule has 0 saturated carbocycles. The molecule has 1 atom stereocenters. The highest BCUT2D eigenvalue weighted by atomic mass is 16.5. The number of rotatable bonds is 7. The van der Waals surface area contributed by atoms with E-state index in [0.717, 1.165) is 94.1 Å². The molecule has 0 unspecified atom stereocenters. The Labute approximate surface area is 201 Å². The number of nitrogens with one attached hydrogen (secondary N) is 1. The van der Waals surface area contributed by atoms with Gasteiger partial charge < -0.3 is 19.4 Å². The molecule has 3 aromatic rings. The van der Waals surface area contributed by atoms with Crippen molar-refractivity contribution in [2.75, 3.05) is 52.5 Å². The molecule has 5 rings (SSSR count). The van der Waals surface area contributed by atoms with E-state index in [1.807, 2.05) is 41.4 Å². The van der Waals surface area contributed by atoms with Crippen LogP contribution in [0, 0.1) is 5.92 Å². The Balaban J connectivity index is 1.13. The van der Waals surface area contributed by atoms with Crippen LogP contribution in [0.1, 0.15) is 35.3 Å². The number of hydrogen-bond acceptors (Lipinski definition) is 5. The average molecular weight is 463 g/mol. The minimum absolute atomic E-state index is 0.102. The molecule has 2 aromatic heterocycles. The Morgan fingerprint density at radius 3 is 2.91 bits per heavy atom. The normalized spacial score (nSPS) is 19.8. The number of carbonyl (C=O) groups is 1. The average Bonchev–Trinajstić information content (AvgIpc) is 3.22. The van der Waals surface area contributed by atoms with Gasteiger partial charge in [0, 0.05) is 55.6 Å². The molecule has 34 heavy (non-hydrogen) atoms. The predicted molar refractivity (Wildman–Crippen MR) is 132 cm³/mol. The molecule has 1 amide bonds. The summed E-state index contributed by atoms with van der Waals surface area (Å²) in [6.07, 6.45) is 6.05. The van der Waals surface area contributed by atoms with Crippen molar-refractivity contribution in [3.63, 3.8) is 0 Å². The first kappa shape index (κ1) is 22.9. The zero-order chi connectivity index (χ0) is 23.2. The number of aromatic nitrogens is 2. The van der Waals surface area contributed by atoms with Gasteiger partial charge >= 0.3 is 0 Å². The smallest absolute Gasteiger partial charge is 0.253 e. The zero-order valence-electron chi connectivity index (χ0n) is 19.7. The fraction of sp³-hybridized carbons (Fsp3) is 0.481. The van der Waals surface area contributed by atoms with Crippen molar-refractivity contribution in [1.29, 1.82) is 0 Å². The van der Waals surface area contributed by atoms with Crippen LogP contribution in [-0.2, 0) is 11.2 Å². The highest BCUT2D eigenvalue weighted by molar-refractivity contribution is 5.94. The minimum Gasteiger partial charge on any atom is -0.492 e. The first-order chi connectivity index (χ1) is 16.7. The minimum atomic E-state index is 0.102. The van der Waals surface area contributed by atoms with Crippen molar-refractivity contribution in [3.05, 3.63) is 59.9 Å². The Morgan fingerprint density at radius 2 is 2.00 bits per heavy atom. The van der Waals surface area contributed by atoms with Crippen molar-refractivity contribution in [1.82, 2.24) is 19.8 Å². The second-order valence-electron chi connectivity index (χ2n) is 9.34. The highest BCUT2D eigenvalue weighted by Gasteiger charge is 2.22. The number of pyridine rings is 1. The number of amides is 1. The highest BCUT2D eigenvalue weighted by Crippen LogP contribution is 2.24. The first-order valence-electron chi connectivity index (χ1n) is 12.5. The number of H-pyrrole nitrogens is 1. The lowest BCUT2D eigenvalue weighted by atomic mass is 9.95. The number of fused-ring (bicyclic) bond motifs is 1. The van der Waals surface area contributed by atoms with E-state index in [1.165, 1.54) is 0 Å². The lowest BCUT2D eigenvalue weighted by Crippen LogP contribution is -2.38. The third kappa shape index (κ3) is 5.77. The van der Waals surface area contributed by atoms with Crippen molar-refractivity contribution >= 4 is 16.9 Å². The first-order valence-corrected chi connectivity index (χ1v) is 12.5. The molecule has 0 radical (unpaired) electrons. The van der Waals surface area contributed by atoms with Crippen LogP contribution < -0.4 is 4.74 Å². The van der Waals surface area contributed by atoms with Gasteiger partial charge in [0.05, 0.1) is 13.2 Å². The van der Waals surface area contributed by atoms with E-state index in [2.05, 4.69) is 22.0 Å². The van der Waals surface area contributed by atoms with E-state index < -0.39 is 0 Å². The molecule has 2 aliphatic rings. The van der Waals surface area contributed by atoms with Crippen LogP contribution in [0.15, 0.2) is 48.7 Å². The van der Waals surface area contributed by atoms with Crippen LogP contribution in [0.2, 0.25) is 0 Å². The molecule has 7 nitrogen and oxygen atoms in total. The molecule has 2 fully saturated rings. The molecule has 180 valence electrons. The summed E-state index contributed by atoms with van der Waals surface area (Å²) in [7, 11) is 0. The number of carbonyl (C=O) groups excluding carboxylic acids is 1. The topological polar surface area (TPSA) is 70.7 Å². The molecule has 4 heterocycles. The summed E-state index contributed by atoms with van der Waals surface area (Å²) >= 11 is 0. The van der Waals surface area contributed by atoms with E-state index >= 15 is 0 Å². The van der Waals surface area contributed by atoms with Gasteiger partial charge in [-0.1, -0.05) is 6.07 Å². The van der Waals surface area contributed by atoms with Crippen molar-refractivity contribution in [3.8, 4) is 5.75 Å². The second-order valence-corrected chi connectivity index (χ2v) is 9.34. The van der Waals surface area contributed by atoms with Crippen molar-refractivity contribution < 1.29 is 14.3 Å². The third-order valence-corrected chi connectivity index (χ3v) is 6.96. The summed E-state index contributed by atoms with van der Waals surface area (Å²) in [5.74, 6) is 1.41. The summed E-state index contributed by atoms with van der Waals surface area (Å²) < 4.78 is 11.3. The van der Waals surface area contributed by atoms with Gasteiger partial charge in [-0.25, -0.2) is 4.98 Å². The summed E-state index contributed by atoms with van der Waals surface area (Å²) in [5, 5.41) is 1.15. The fourth-order valence-corrected chi connectivity index (χ4v) is 4.97. The maximum atomic E-state index is 13.2.